The van der Waals surface area contributed by atoms with Crippen LogP contribution in [0.4, 0.5) is 0 Å². The Bertz CT molecular complexity index is 542. The Hall–Kier alpha value is -0.900. The number of rotatable bonds is 3. The van der Waals surface area contributed by atoms with E-state index in [9.17, 15) is 5.11 Å². The lowest BCUT2D eigenvalue weighted by Crippen LogP contribution is -2.05. The molecule has 0 amide bonds. The van der Waals surface area contributed by atoms with E-state index in [1.165, 1.54) is 33.6 Å². The molecule has 96 valence electrons. The number of hydrogen-bond acceptors (Lipinski definition) is 3. The molecule has 0 aliphatic heterocycles. The quantitative estimate of drug-likeness (QED) is 0.922. The first-order chi connectivity index (χ1) is 8.47. The van der Waals surface area contributed by atoms with E-state index in [1.807, 2.05) is 0 Å². The van der Waals surface area contributed by atoms with Crippen molar-refractivity contribution in [2.75, 3.05) is 0 Å². The summed E-state index contributed by atoms with van der Waals surface area (Å²) in [6.45, 7) is 6.24. The van der Waals surface area contributed by atoms with Crippen LogP contribution in [0.1, 0.15) is 33.4 Å². The number of aryl methyl sites for hydroxylation is 3. The van der Waals surface area contributed by atoms with Crippen LogP contribution in [0.2, 0.25) is 4.34 Å². The van der Waals surface area contributed by atoms with Crippen LogP contribution in [0.5, 0.6) is 0 Å². The molecule has 1 unspecified atom stereocenters. The van der Waals surface area contributed by atoms with E-state index in [0.29, 0.717) is 15.8 Å². The fourth-order valence-corrected chi connectivity index (χ4v) is 3.15. The predicted molar refractivity (Wildman–Crippen MR) is 76.4 cm³/mol. The van der Waals surface area contributed by atoms with E-state index in [0.717, 1.165) is 0 Å². The Kier molecular flexibility index (Phi) is 4.05. The van der Waals surface area contributed by atoms with Crippen molar-refractivity contribution in [3.05, 3.63) is 49.9 Å². The summed E-state index contributed by atoms with van der Waals surface area (Å²) in [5.74, 6) is 0. The minimum Gasteiger partial charge on any atom is -0.386 e. The predicted octanol–water partition coefficient (Wildman–Crippen LogP) is 4.00. The molecule has 1 N–H and O–H groups in total. The molecule has 0 spiro atoms. The zero-order chi connectivity index (χ0) is 13.3. The molecular formula is C14H16ClNOS. The van der Waals surface area contributed by atoms with Gasteiger partial charge in [-0.15, -0.1) is 11.3 Å². The van der Waals surface area contributed by atoms with Crippen LogP contribution in [0, 0.1) is 20.8 Å². The topological polar surface area (TPSA) is 33.1 Å². The summed E-state index contributed by atoms with van der Waals surface area (Å²) in [7, 11) is 0. The highest BCUT2D eigenvalue weighted by Crippen LogP contribution is 2.28. The maximum atomic E-state index is 10.2. The Morgan fingerprint density at radius 1 is 1.28 bits per heavy atom. The fraction of sp³-hybridized carbons (Fsp3) is 0.357. The zero-order valence-corrected chi connectivity index (χ0v) is 12.3. The van der Waals surface area contributed by atoms with Crippen LogP contribution in [0.25, 0.3) is 0 Å². The lowest BCUT2D eigenvalue weighted by molar-refractivity contribution is 0.177. The Labute approximate surface area is 116 Å². The van der Waals surface area contributed by atoms with Crippen molar-refractivity contribution in [1.29, 1.82) is 0 Å². The van der Waals surface area contributed by atoms with Crippen LogP contribution in [-0.4, -0.2) is 10.1 Å². The molecule has 0 saturated heterocycles. The van der Waals surface area contributed by atoms with E-state index >= 15 is 0 Å². The normalized spacial score (nSPS) is 12.7. The third kappa shape index (κ3) is 2.91. The molecule has 18 heavy (non-hydrogen) atoms. The third-order valence-electron chi connectivity index (χ3n) is 3.02. The Balaban J connectivity index is 2.24. The number of aromatic nitrogens is 1. The fourth-order valence-electron chi connectivity index (χ4n) is 2.23. The Morgan fingerprint density at radius 3 is 2.39 bits per heavy atom. The lowest BCUT2D eigenvalue weighted by Gasteiger charge is -2.14. The van der Waals surface area contributed by atoms with Crippen molar-refractivity contribution in [2.45, 2.75) is 33.3 Å². The lowest BCUT2D eigenvalue weighted by atomic mass is 9.95. The summed E-state index contributed by atoms with van der Waals surface area (Å²) < 4.78 is 0.612. The molecule has 0 radical (unpaired) electrons. The largest absolute Gasteiger partial charge is 0.386 e. The van der Waals surface area contributed by atoms with Gasteiger partial charge in [0.1, 0.15) is 15.4 Å². The summed E-state index contributed by atoms with van der Waals surface area (Å²) in [4.78, 5) is 4.13. The van der Waals surface area contributed by atoms with E-state index in [2.05, 4.69) is 37.9 Å². The minimum atomic E-state index is -0.581. The first kappa shape index (κ1) is 13.5. The number of nitrogens with zero attached hydrogens (tertiary/aromatic N) is 1. The number of thiazole rings is 1. The number of benzene rings is 1. The van der Waals surface area contributed by atoms with Crippen LogP contribution in [0.15, 0.2) is 18.3 Å². The van der Waals surface area contributed by atoms with Gasteiger partial charge in [0.15, 0.2) is 0 Å². The zero-order valence-electron chi connectivity index (χ0n) is 10.7. The standard InChI is InChI=1S/C14H16ClNOS/c1-8-4-9(2)11(10(3)5-8)6-12(17)14-16-7-13(15)18-14/h4-5,7,12,17H,6H2,1-3H3. The molecule has 2 nitrogen and oxygen atoms in total. The van der Waals surface area contributed by atoms with Crippen molar-refractivity contribution in [3.63, 3.8) is 0 Å². The number of aliphatic hydroxyl groups excluding tert-OH is 1. The van der Waals surface area contributed by atoms with Gasteiger partial charge >= 0.3 is 0 Å². The Morgan fingerprint density at radius 2 is 1.89 bits per heavy atom. The van der Waals surface area contributed by atoms with Crippen molar-refractivity contribution in [1.82, 2.24) is 4.98 Å². The van der Waals surface area contributed by atoms with Gasteiger partial charge in [-0.25, -0.2) is 4.98 Å². The van der Waals surface area contributed by atoms with Crippen molar-refractivity contribution >= 4 is 22.9 Å². The SMILES string of the molecule is Cc1cc(C)c(CC(O)c2ncc(Cl)s2)c(C)c1. The molecule has 0 aliphatic rings. The first-order valence-electron chi connectivity index (χ1n) is 5.83. The van der Waals surface area contributed by atoms with Crippen molar-refractivity contribution < 1.29 is 5.11 Å². The van der Waals surface area contributed by atoms with Gasteiger partial charge in [-0.05, 0) is 37.5 Å². The van der Waals surface area contributed by atoms with E-state index in [4.69, 9.17) is 11.6 Å². The molecule has 1 heterocycles. The monoisotopic (exact) mass is 281 g/mol. The van der Waals surface area contributed by atoms with Crippen molar-refractivity contribution in [3.8, 4) is 0 Å². The molecule has 0 fully saturated rings. The van der Waals surface area contributed by atoms with Gasteiger partial charge in [-0.2, -0.15) is 0 Å². The molecule has 1 atom stereocenters. The maximum Gasteiger partial charge on any atom is 0.123 e. The van der Waals surface area contributed by atoms with Gasteiger partial charge in [0.25, 0.3) is 0 Å². The van der Waals surface area contributed by atoms with Gasteiger partial charge in [-0.3, -0.25) is 0 Å². The molecule has 2 aromatic rings. The highest BCUT2D eigenvalue weighted by molar-refractivity contribution is 7.15. The number of hydrogen-bond donors (Lipinski definition) is 1. The first-order valence-corrected chi connectivity index (χ1v) is 7.03. The van der Waals surface area contributed by atoms with Crippen LogP contribution >= 0.6 is 22.9 Å². The number of halogens is 1. The van der Waals surface area contributed by atoms with Crippen LogP contribution in [0.3, 0.4) is 0 Å². The van der Waals surface area contributed by atoms with E-state index < -0.39 is 6.10 Å². The van der Waals surface area contributed by atoms with Gasteiger partial charge in [0.2, 0.25) is 0 Å². The minimum absolute atomic E-state index is 0.581. The summed E-state index contributed by atoms with van der Waals surface area (Å²) in [5.41, 5.74) is 4.88. The van der Waals surface area contributed by atoms with Crippen LogP contribution in [-0.2, 0) is 6.42 Å². The molecule has 1 aromatic heterocycles. The molecular weight excluding hydrogens is 266 g/mol. The molecule has 0 aliphatic carbocycles. The summed E-state index contributed by atoms with van der Waals surface area (Å²) >= 11 is 7.17. The van der Waals surface area contributed by atoms with E-state index in [1.54, 1.807) is 6.20 Å². The molecule has 1 aromatic carbocycles. The maximum absolute atomic E-state index is 10.2. The molecule has 2 rings (SSSR count). The molecule has 0 bridgehead atoms. The highest BCUT2D eigenvalue weighted by Gasteiger charge is 2.15. The highest BCUT2D eigenvalue weighted by atomic mass is 35.5. The smallest absolute Gasteiger partial charge is 0.123 e. The average molecular weight is 282 g/mol. The summed E-state index contributed by atoms with van der Waals surface area (Å²) in [6, 6.07) is 4.29. The van der Waals surface area contributed by atoms with Gasteiger partial charge in [0, 0.05) is 6.42 Å². The number of aliphatic hydroxyl groups is 1. The summed E-state index contributed by atoms with van der Waals surface area (Å²) in [6.07, 6.45) is 1.59. The molecule has 0 saturated carbocycles. The summed E-state index contributed by atoms with van der Waals surface area (Å²) in [5, 5.41) is 10.9. The molecule has 4 heteroatoms. The van der Waals surface area contributed by atoms with Crippen LogP contribution < -0.4 is 0 Å². The van der Waals surface area contributed by atoms with Crippen molar-refractivity contribution in [2.24, 2.45) is 0 Å². The van der Waals surface area contributed by atoms with E-state index in [-0.39, 0.29) is 0 Å². The third-order valence-corrected chi connectivity index (χ3v) is 4.23. The van der Waals surface area contributed by atoms with Gasteiger partial charge < -0.3 is 5.11 Å². The average Bonchev–Trinajstić information content (AvgIpc) is 2.70. The van der Waals surface area contributed by atoms with Gasteiger partial charge in [-0.1, -0.05) is 29.3 Å². The second kappa shape index (κ2) is 5.39. The van der Waals surface area contributed by atoms with Gasteiger partial charge in [0.05, 0.1) is 6.20 Å². The second-order valence-electron chi connectivity index (χ2n) is 4.60. The second-order valence-corrected chi connectivity index (χ2v) is 6.29.